The van der Waals surface area contributed by atoms with Gasteiger partial charge in [-0.1, -0.05) is 13.3 Å². The minimum Gasteiger partial charge on any atom is -0.300 e. The molecule has 0 radical (unpaired) electrons. The van der Waals surface area contributed by atoms with E-state index in [9.17, 15) is 0 Å². The smallest absolute Gasteiger partial charge is 0.00977 e. The SMILES string of the molecule is CC1CC2CCC[C@H](C1)N2C. The van der Waals surface area contributed by atoms with Crippen LogP contribution in [-0.4, -0.2) is 24.0 Å². The minimum atomic E-state index is 0.928. The topological polar surface area (TPSA) is 3.24 Å². The van der Waals surface area contributed by atoms with Gasteiger partial charge in [0.05, 0.1) is 0 Å². The van der Waals surface area contributed by atoms with Gasteiger partial charge < -0.3 is 4.90 Å². The standard InChI is InChI=1S/C10H19N/c1-8-6-9-4-3-5-10(7-8)11(9)2/h8-10H,3-7H2,1-2H3/t8?,9-,10?/m1/s1. The molecular weight excluding hydrogens is 134 g/mol. The molecule has 11 heavy (non-hydrogen) atoms. The van der Waals surface area contributed by atoms with Crippen molar-refractivity contribution in [2.45, 2.75) is 51.1 Å². The normalized spacial score (nSPS) is 45.8. The molecule has 2 bridgehead atoms. The molecule has 0 aromatic carbocycles. The molecule has 2 saturated heterocycles. The molecular formula is C10H19N. The summed E-state index contributed by atoms with van der Waals surface area (Å²) in [7, 11) is 2.32. The molecule has 2 rings (SSSR count). The molecule has 1 heteroatoms. The monoisotopic (exact) mass is 153 g/mol. The van der Waals surface area contributed by atoms with Gasteiger partial charge >= 0.3 is 0 Å². The van der Waals surface area contributed by atoms with Crippen LogP contribution in [0.4, 0.5) is 0 Å². The summed E-state index contributed by atoms with van der Waals surface area (Å²) < 4.78 is 0. The second-order valence-electron chi connectivity index (χ2n) is 4.48. The Bertz CT molecular complexity index is 130. The van der Waals surface area contributed by atoms with Crippen molar-refractivity contribution in [1.29, 1.82) is 0 Å². The summed E-state index contributed by atoms with van der Waals surface area (Å²) in [6.45, 7) is 2.42. The van der Waals surface area contributed by atoms with E-state index in [4.69, 9.17) is 0 Å². The molecule has 0 amide bonds. The molecule has 2 fully saturated rings. The highest BCUT2D eigenvalue weighted by Crippen LogP contribution is 2.35. The summed E-state index contributed by atoms with van der Waals surface area (Å²) in [5.74, 6) is 0.987. The van der Waals surface area contributed by atoms with E-state index in [1.807, 2.05) is 0 Å². The van der Waals surface area contributed by atoms with Crippen molar-refractivity contribution < 1.29 is 0 Å². The predicted octanol–water partition coefficient (Wildman–Crippen LogP) is 2.27. The van der Waals surface area contributed by atoms with Crippen LogP contribution in [0.2, 0.25) is 0 Å². The lowest BCUT2D eigenvalue weighted by Crippen LogP contribution is -2.49. The maximum atomic E-state index is 2.63. The van der Waals surface area contributed by atoms with Crippen LogP contribution in [0, 0.1) is 5.92 Å². The number of hydrogen-bond donors (Lipinski definition) is 0. The number of piperidine rings is 2. The van der Waals surface area contributed by atoms with Gasteiger partial charge in [0.2, 0.25) is 0 Å². The third kappa shape index (κ3) is 1.31. The molecule has 1 nitrogen and oxygen atoms in total. The van der Waals surface area contributed by atoms with Crippen molar-refractivity contribution >= 4 is 0 Å². The van der Waals surface area contributed by atoms with E-state index < -0.39 is 0 Å². The molecule has 0 spiro atoms. The Hall–Kier alpha value is -0.0400. The van der Waals surface area contributed by atoms with Gasteiger partial charge in [-0.2, -0.15) is 0 Å². The molecule has 3 atom stereocenters. The lowest BCUT2D eigenvalue weighted by atomic mass is 9.80. The van der Waals surface area contributed by atoms with Crippen molar-refractivity contribution in [2.75, 3.05) is 7.05 Å². The van der Waals surface area contributed by atoms with Crippen molar-refractivity contribution in [3.63, 3.8) is 0 Å². The summed E-state index contributed by atoms with van der Waals surface area (Å²) >= 11 is 0. The van der Waals surface area contributed by atoms with Crippen LogP contribution in [0.5, 0.6) is 0 Å². The maximum Gasteiger partial charge on any atom is 0.00977 e. The van der Waals surface area contributed by atoms with E-state index >= 15 is 0 Å². The molecule has 0 aromatic heterocycles. The van der Waals surface area contributed by atoms with Gasteiger partial charge in [-0.3, -0.25) is 0 Å². The van der Waals surface area contributed by atoms with E-state index in [1.165, 1.54) is 32.1 Å². The first-order valence-corrected chi connectivity index (χ1v) is 4.99. The van der Waals surface area contributed by atoms with Gasteiger partial charge in [0.15, 0.2) is 0 Å². The summed E-state index contributed by atoms with van der Waals surface area (Å²) in [5, 5.41) is 0. The van der Waals surface area contributed by atoms with Crippen LogP contribution in [0.15, 0.2) is 0 Å². The molecule has 64 valence electrons. The Morgan fingerprint density at radius 2 is 1.64 bits per heavy atom. The zero-order chi connectivity index (χ0) is 7.84. The van der Waals surface area contributed by atoms with Gasteiger partial charge in [-0.25, -0.2) is 0 Å². The van der Waals surface area contributed by atoms with Crippen molar-refractivity contribution in [1.82, 2.24) is 4.90 Å². The first-order chi connectivity index (χ1) is 5.27. The predicted molar refractivity (Wildman–Crippen MR) is 47.6 cm³/mol. The number of hydrogen-bond acceptors (Lipinski definition) is 1. The summed E-state index contributed by atoms with van der Waals surface area (Å²) in [6, 6.07) is 1.86. The van der Waals surface area contributed by atoms with E-state index in [0.29, 0.717) is 0 Å². The van der Waals surface area contributed by atoms with Gasteiger partial charge in [0.25, 0.3) is 0 Å². The van der Waals surface area contributed by atoms with Crippen LogP contribution < -0.4 is 0 Å². The van der Waals surface area contributed by atoms with E-state index in [2.05, 4.69) is 18.9 Å². The minimum absolute atomic E-state index is 0.928. The maximum absolute atomic E-state index is 2.63. The van der Waals surface area contributed by atoms with Crippen molar-refractivity contribution in [3.8, 4) is 0 Å². The van der Waals surface area contributed by atoms with Crippen LogP contribution >= 0.6 is 0 Å². The first-order valence-electron chi connectivity index (χ1n) is 4.99. The third-order valence-corrected chi connectivity index (χ3v) is 3.58. The summed E-state index contributed by atoms with van der Waals surface area (Å²) in [4.78, 5) is 2.63. The molecule has 2 heterocycles. The largest absolute Gasteiger partial charge is 0.300 e. The molecule has 2 aliphatic heterocycles. The Morgan fingerprint density at radius 1 is 1.09 bits per heavy atom. The van der Waals surface area contributed by atoms with Crippen molar-refractivity contribution in [3.05, 3.63) is 0 Å². The molecule has 0 aliphatic carbocycles. The third-order valence-electron chi connectivity index (χ3n) is 3.58. The van der Waals surface area contributed by atoms with Crippen LogP contribution in [-0.2, 0) is 0 Å². The fourth-order valence-electron chi connectivity index (χ4n) is 2.89. The zero-order valence-corrected chi connectivity index (χ0v) is 7.71. The molecule has 2 aliphatic rings. The van der Waals surface area contributed by atoms with Crippen LogP contribution in [0.1, 0.15) is 39.0 Å². The lowest BCUT2D eigenvalue weighted by Gasteiger charge is -2.46. The summed E-state index contributed by atoms with van der Waals surface area (Å²) in [6.07, 6.45) is 7.29. The highest BCUT2D eigenvalue weighted by molar-refractivity contribution is 4.89. The Morgan fingerprint density at radius 3 is 2.18 bits per heavy atom. The number of fused-ring (bicyclic) bond motifs is 2. The molecule has 0 saturated carbocycles. The van der Waals surface area contributed by atoms with Gasteiger partial charge in [-0.05, 0) is 38.6 Å². The Balaban J connectivity index is 2.07. The van der Waals surface area contributed by atoms with Gasteiger partial charge in [0.1, 0.15) is 0 Å². The van der Waals surface area contributed by atoms with Gasteiger partial charge in [0, 0.05) is 12.1 Å². The van der Waals surface area contributed by atoms with Gasteiger partial charge in [-0.15, -0.1) is 0 Å². The van der Waals surface area contributed by atoms with Crippen molar-refractivity contribution in [2.24, 2.45) is 5.92 Å². The number of rotatable bonds is 0. The number of nitrogens with zero attached hydrogens (tertiary/aromatic N) is 1. The quantitative estimate of drug-likeness (QED) is 0.516. The van der Waals surface area contributed by atoms with E-state index in [-0.39, 0.29) is 0 Å². The molecule has 0 N–H and O–H groups in total. The van der Waals surface area contributed by atoms with E-state index in [1.54, 1.807) is 0 Å². The highest BCUT2D eigenvalue weighted by Gasteiger charge is 2.33. The lowest BCUT2D eigenvalue weighted by molar-refractivity contribution is 0.0415. The fourth-order valence-corrected chi connectivity index (χ4v) is 2.89. The Kier molecular flexibility index (Phi) is 1.92. The average Bonchev–Trinajstić information content (AvgIpc) is 1.92. The molecule has 2 unspecified atom stereocenters. The van der Waals surface area contributed by atoms with E-state index in [0.717, 1.165) is 18.0 Å². The summed E-state index contributed by atoms with van der Waals surface area (Å²) in [5.41, 5.74) is 0. The zero-order valence-electron chi connectivity index (χ0n) is 7.71. The second-order valence-corrected chi connectivity index (χ2v) is 4.48. The first kappa shape index (κ1) is 7.60. The average molecular weight is 153 g/mol. The van der Waals surface area contributed by atoms with Crippen LogP contribution in [0.25, 0.3) is 0 Å². The highest BCUT2D eigenvalue weighted by atomic mass is 15.2. The fraction of sp³-hybridized carbons (Fsp3) is 1.00. The second kappa shape index (κ2) is 2.78. The Labute approximate surface area is 69.8 Å². The molecule has 0 aromatic rings. The van der Waals surface area contributed by atoms with Crippen LogP contribution in [0.3, 0.4) is 0 Å².